The monoisotopic (exact) mass is 442 g/mol. The number of sulfonamides is 1. The molecule has 0 aliphatic rings. The van der Waals surface area contributed by atoms with Crippen molar-refractivity contribution in [1.82, 2.24) is 10.6 Å². The molecule has 4 N–H and O–H groups in total. The maximum absolute atomic E-state index is 10.8. The average Bonchev–Trinajstić information content (AvgIpc) is 2.43. The lowest BCUT2D eigenvalue weighted by Gasteiger charge is -2.11. The van der Waals surface area contributed by atoms with Crippen molar-refractivity contribution < 1.29 is 13.2 Å². The van der Waals surface area contributed by atoms with E-state index in [1.807, 2.05) is 37.3 Å². The molecule has 0 saturated heterocycles. The van der Waals surface area contributed by atoms with Crippen LogP contribution in [0.15, 0.2) is 35.3 Å². The summed E-state index contributed by atoms with van der Waals surface area (Å²) in [5.41, 5.74) is 0. The van der Waals surface area contributed by atoms with E-state index in [0.717, 1.165) is 5.75 Å². The molecule has 0 aliphatic heterocycles. The number of hydrogen-bond donors (Lipinski definition) is 3. The van der Waals surface area contributed by atoms with Crippen molar-refractivity contribution in [2.45, 2.75) is 6.92 Å². The predicted molar refractivity (Wildman–Crippen MR) is 99.3 cm³/mol. The van der Waals surface area contributed by atoms with E-state index in [0.29, 0.717) is 25.7 Å². The number of benzene rings is 1. The van der Waals surface area contributed by atoms with Crippen LogP contribution in [0.5, 0.6) is 5.75 Å². The summed E-state index contributed by atoms with van der Waals surface area (Å²) < 4.78 is 27.2. The zero-order valence-electron chi connectivity index (χ0n) is 12.5. The van der Waals surface area contributed by atoms with Crippen molar-refractivity contribution >= 4 is 40.0 Å². The van der Waals surface area contributed by atoms with Crippen molar-refractivity contribution in [3.8, 4) is 5.75 Å². The van der Waals surface area contributed by atoms with Crippen LogP contribution in [0.4, 0.5) is 0 Å². The third-order valence-corrected chi connectivity index (χ3v) is 3.15. The van der Waals surface area contributed by atoms with E-state index in [4.69, 9.17) is 9.88 Å². The number of rotatable bonds is 8. The van der Waals surface area contributed by atoms with Gasteiger partial charge in [-0.05, 0) is 19.1 Å². The first-order chi connectivity index (χ1) is 10.0. The first kappa shape index (κ1) is 20.9. The molecule has 1 aromatic rings. The van der Waals surface area contributed by atoms with Crippen LogP contribution < -0.4 is 20.5 Å². The fourth-order valence-electron chi connectivity index (χ4n) is 1.48. The smallest absolute Gasteiger partial charge is 0.210 e. The minimum atomic E-state index is -3.48. The van der Waals surface area contributed by atoms with Gasteiger partial charge in [0.2, 0.25) is 10.0 Å². The molecule has 0 heterocycles. The highest BCUT2D eigenvalue weighted by molar-refractivity contribution is 14.0. The average molecular weight is 442 g/mol. The number of aliphatic imine (C=N–C) groups is 1. The number of nitrogens with zero attached hydrogens (tertiary/aromatic N) is 1. The molecule has 0 radical (unpaired) electrons. The Labute approximate surface area is 148 Å². The van der Waals surface area contributed by atoms with Gasteiger partial charge in [-0.25, -0.2) is 13.6 Å². The molecule has 9 heteroatoms. The van der Waals surface area contributed by atoms with Gasteiger partial charge in [0.05, 0.1) is 18.8 Å². The van der Waals surface area contributed by atoms with E-state index in [1.165, 1.54) is 0 Å². The van der Waals surface area contributed by atoms with Gasteiger partial charge in [0.1, 0.15) is 12.4 Å². The molecule has 1 rings (SSSR count). The van der Waals surface area contributed by atoms with Gasteiger partial charge in [-0.3, -0.25) is 4.99 Å². The summed E-state index contributed by atoms with van der Waals surface area (Å²) in [5.74, 6) is 1.16. The summed E-state index contributed by atoms with van der Waals surface area (Å²) in [5, 5.41) is 11.0. The molecule has 0 atom stereocenters. The molecule has 0 aromatic heterocycles. The summed E-state index contributed by atoms with van der Waals surface area (Å²) in [6.45, 7) is 3.76. The Kier molecular flexibility index (Phi) is 10.9. The van der Waals surface area contributed by atoms with Gasteiger partial charge in [0, 0.05) is 6.54 Å². The van der Waals surface area contributed by atoms with E-state index < -0.39 is 10.0 Å². The first-order valence-corrected chi connectivity index (χ1v) is 8.43. The minimum Gasteiger partial charge on any atom is -0.492 e. The quantitative estimate of drug-likeness (QED) is 0.236. The Bertz CT molecular complexity index is 537. The van der Waals surface area contributed by atoms with E-state index in [1.54, 1.807) is 0 Å². The second kappa shape index (κ2) is 11.5. The Morgan fingerprint density at radius 2 is 1.95 bits per heavy atom. The lowest BCUT2D eigenvalue weighted by atomic mass is 10.3. The molecule has 0 amide bonds. The lowest BCUT2D eigenvalue weighted by Crippen LogP contribution is -2.39. The van der Waals surface area contributed by atoms with Crippen LogP contribution in [-0.4, -0.2) is 46.4 Å². The van der Waals surface area contributed by atoms with Crippen molar-refractivity contribution in [3.63, 3.8) is 0 Å². The molecular weight excluding hydrogens is 419 g/mol. The molecular formula is C13H23IN4O3S. The highest BCUT2D eigenvalue weighted by Gasteiger charge is 2.02. The molecule has 0 aliphatic carbocycles. The maximum atomic E-state index is 10.8. The highest BCUT2D eigenvalue weighted by atomic mass is 127. The number of primary sulfonamides is 1. The maximum Gasteiger partial charge on any atom is 0.210 e. The number of guanidine groups is 1. The number of ether oxygens (including phenoxy) is 1. The molecule has 126 valence electrons. The molecule has 0 spiro atoms. The van der Waals surface area contributed by atoms with Crippen LogP contribution in [0, 0.1) is 0 Å². The van der Waals surface area contributed by atoms with Gasteiger partial charge in [0.25, 0.3) is 0 Å². The summed E-state index contributed by atoms with van der Waals surface area (Å²) in [6, 6.07) is 9.49. The fraction of sp³-hybridized carbons (Fsp3) is 0.462. The fourth-order valence-corrected chi connectivity index (χ4v) is 1.83. The second-order valence-electron chi connectivity index (χ2n) is 4.22. The van der Waals surface area contributed by atoms with Crippen LogP contribution in [0.3, 0.4) is 0 Å². The van der Waals surface area contributed by atoms with Gasteiger partial charge < -0.3 is 15.4 Å². The third-order valence-electron chi connectivity index (χ3n) is 2.40. The van der Waals surface area contributed by atoms with Gasteiger partial charge in [-0.15, -0.1) is 24.0 Å². The van der Waals surface area contributed by atoms with Crippen LogP contribution in [0.1, 0.15) is 6.92 Å². The Morgan fingerprint density at radius 1 is 1.27 bits per heavy atom. The number of hydrogen-bond acceptors (Lipinski definition) is 4. The first-order valence-electron chi connectivity index (χ1n) is 6.72. The van der Waals surface area contributed by atoms with E-state index in [2.05, 4.69) is 15.6 Å². The normalized spacial score (nSPS) is 11.5. The largest absolute Gasteiger partial charge is 0.492 e. The summed E-state index contributed by atoms with van der Waals surface area (Å²) in [7, 11) is -3.48. The summed E-state index contributed by atoms with van der Waals surface area (Å²) >= 11 is 0. The zero-order chi connectivity index (χ0) is 15.6. The Hall–Kier alpha value is -1.07. The predicted octanol–water partition coefficient (Wildman–Crippen LogP) is 0.527. The van der Waals surface area contributed by atoms with Crippen LogP contribution in [-0.2, 0) is 10.0 Å². The minimum absolute atomic E-state index is 0. The van der Waals surface area contributed by atoms with Gasteiger partial charge >= 0.3 is 0 Å². The van der Waals surface area contributed by atoms with Crippen LogP contribution >= 0.6 is 24.0 Å². The third kappa shape index (κ3) is 10.6. The van der Waals surface area contributed by atoms with E-state index >= 15 is 0 Å². The van der Waals surface area contributed by atoms with Gasteiger partial charge in [-0.2, -0.15) is 0 Å². The number of nitrogens with two attached hydrogens (primary N) is 1. The van der Waals surface area contributed by atoms with Gasteiger partial charge in [0.15, 0.2) is 5.96 Å². The Morgan fingerprint density at radius 3 is 2.55 bits per heavy atom. The summed E-state index contributed by atoms with van der Waals surface area (Å²) in [6.07, 6.45) is 0. The number of para-hydroxylation sites is 1. The molecule has 22 heavy (non-hydrogen) atoms. The summed E-state index contributed by atoms with van der Waals surface area (Å²) in [4.78, 5) is 4.12. The number of halogens is 1. The van der Waals surface area contributed by atoms with Crippen molar-refractivity contribution in [3.05, 3.63) is 30.3 Å². The van der Waals surface area contributed by atoms with Crippen LogP contribution in [0.2, 0.25) is 0 Å². The number of nitrogens with one attached hydrogen (secondary N) is 2. The molecule has 0 bridgehead atoms. The van der Waals surface area contributed by atoms with E-state index in [9.17, 15) is 8.42 Å². The van der Waals surface area contributed by atoms with Gasteiger partial charge in [-0.1, -0.05) is 18.2 Å². The molecule has 1 aromatic carbocycles. The highest BCUT2D eigenvalue weighted by Crippen LogP contribution is 2.07. The molecule has 0 saturated carbocycles. The van der Waals surface area contributed by atoms with Crippen LogP contribution in [0.25, 0.3) is 0 Å². The van der Waals surface area contributed by atoms with Crippen molar-refractivity contribution in [2.75, 3.05) is 32.0 Å². The second-order valence-corrected chi connectivity index (χ2v) is 5.95. The van der Waals surface area contributed by atoms with Crippen molar-refractivity contribution in [1.29, 1.82) is 0 Å². The molecule has 7 nitrogen and oxygen atoms in total. The molecule has 0 unspecified atom stereocenters. The van der Waals surface area contributed by atoms with E-state index in [-0.39, 0.29) is 36.3 Å². The SMILES string of the molecule is CCNC(=NCCS(N)(=O)=O)NCCOc1ccccc1.I. The van der Waals surface area contributed by atoms with Crippen molar-refractivity contribution in [2.24, 2.45) is 10.1 Å². The Balaban J connectivity index is 0.00000441. The topological polar surface area (TPSA) is 106 Å². The standard InChI is InChI=1S/C13H22N4O3S.HI/c1-2-15-13(17-9-11-21(14,18)19)16-8-10-20-12-6-4-3-5-7-12;/h3-7H,2,8-11H2,1H3,(H2,14,18,19)(H2,15,16,17);1H. The lowest BCUT2D eigenvalue weighted by molar-refractivity contribution is 0.322. The molecule has 0 fully saturated rings. The zero-order valence-corrected chi connectivity index (χ0v) is 15.6.